The first-order valence-corrected chi connectivity index (χ1v) is 9.90. The number of nitrogens with two attached hydrogens (primary N) is 3. The first-order valence-electron chi connectivity index (χ1n) is 9.90. The molecule has 0 aliphatic carbocycles. The summed E-state index contributed by atoms with van der Waals surface area (Å²) >= 11 is 0. The summed E-state index contributed by atoms with van der Waals surface area (Å²) < 4.78 is 0. The number of rotatable bonds is 15. The van der Waals surface area contributed by atoms with Crippen molar-refractivity contribution in [1.29, 1.82) is 0 Å². The fraction of sp³-hybridized carbons (Fsp3) is 0.667. The Balaban J connectivity index is 5.36. The van der Waals surface area contributed by atoms with Gasteiger partial charge in [-0.2, -0.15) is 0 Å². The van der Waals surface area contributed by atoms with Gasteiger partial charge in [-0.1, -0.05) is 20.3 Å². The molecule has 0 aliphatic rings. The van der Waals surface area contributed by atoms with Crippen molar-refractivity contribution in [2.45, 2.75) is 63.7 Å². The lowest BCUT2D eigenvalue weighted by molar-refractivity contribution is -0.144. The Bertz CT molecular complexity index is 716. The van der Waals surface area contributed by atoms with Gasteiger partial charge in [0.2, 0.25) is 29.5 Å². The lowest BCUT2D eigenvalue weighted by Gasteiger charge is -2.25. The van der Waals surface area contributed by atoms with Crippen LogP contribution < -0.4 is 33.2 Å². The third-order valence-corrected chi connectivity index (χ3v) is 4.71. The zero-order valence-electron chi connectivity index (χ0n) is 18.0. The van der Waals surface area contributed by atoms with Gasteiger partial charge >= 0.3 is 5.97 Å². The van der Waals surface area contributed by atoms with Crippen LogP contribution in [0.25, 0.3) is 0 Å². The van der Waals surface area contributed by atoms with Crippen LogP contribution in [-0.4, -0.2) is 76.5 Å². The molecule has 0 spiro atoms. The van der Waals surface area contributed by atoms with Gasteiger partial charge in [0, 0.05) is 6.42 Å². The van der Waals surface area contributed by atoms with E-state index in [0.29, 0.717) is 6.42 Å². The van der Waals surface area contributed by atoms with E-state index in [9.17, 15) is 33.9 Å². The predicted molar refractivity (Wildman–Crippen MR) is 110 cm³/mol. The molecule has 182 valence electrons. The summed E-state index contributed by atoms with van der Waals surface area (Å²) in [5, 5.41) is 25.0. The highest BCUT2D eigenvalue weighted by molar-refractivity contribution is 5.95. The largest absolute Gasteiger partial charge is 0.480 e. The molecule has 14 heteroatoms. The standard InChI is InChI=1S/C18H32N6O8/c1-3-8(2)14(21)17(30)22-9(4-5-12(19)26)15(28)24-11(7-25)16(29)23-10(18(31)32)6-13(20)27/h8-11,14,25H,3-7,21H2,1-2H3,(H2,19,26)(H2,20,27)(H,22,30)(H,23,29)(H,24,28)(H,31,32). The highest BCUT2D eigenvalue weighted by atomic mass is 16.4. The molecule has 0 aromatic heterocycles. The summed E-state index contributed by atoms with van der Waals surface area (Å²) in [4.78, 5) is 70.5. The fourth-order valence-electron chi connectivity index (χ4n) is 2.48. The van der Waals surface area contributed by atoms with E-state index in [4.69, 9.17) is 22.3 Å². The van der Waals surface area contributed by atoms with E-state index in [-0.39, 0.29) is 18.8 Å². The maximum absolute atomic E-state index is 12.6. The molecule has 0 saturated heterocycles. The minimum absolute atomic E-state index is 0.205. The second-order valence-electron chi connectivity index (χ2n) is 7.29. The number of aliphatic hydroxyl groups is 1. The number of carbonyl (C=O) groups is 6. The van der Waals surface area contributed by atoms with E-state index < -0.39 is 72.7 Å². The van der Waals surface area contributed by atoms with Crippen molar-refractivity contribution < 1.29 is 39.0 Å². The molecular formula is C18H32N6O8. The van der Waals surface area contributed by atoms with Gasteiger partial charge in [0.05, 0.1) is 19.1 Å². The third-order valence-electron chi connectivity index (χ3n) is 4.71. The van der Waals surface area contributed by atoms with Gasteiger partial charge in [-0.15, -0.1) is 0 Å². The van der Waals surface area contributed by atoms with Crippen molar-refractivity contribution >= 4 is 35.5 Å². The SMILES string of the molecule is CCC(C)C(N)C(=O)NC(CCC(N)=O)C(=O)NC(CO)C(=O)NC(CC(N)=O)C(=O)O. The van der Waals surface area contributed by atoms with Gasteiger partial charge in [-0.05, 0) is 12.3 Å². The van der Waals surface area contributed by atoms with E-state index in [2.05, 4.69) is 10.6 Å². The summed E-state index contributed by atoms with van der Waals surface area (Å²) in [7, 11) is 0. The molecule has 5 amide bonds. The molecule has 14 nitrogen and oxygen atoms in total. The number of primary amides is 2. The Kier molecular flexibility index (Phi) is 12.5. The Morgan fingerprint density at radius 3 is 1.78 bits per heavy atom. The van der Waals surface area contributed by atoms with Crippen LogP contribution in [0.1, 0.15) is 39.5 Å². The monoisotopic (exact) mass is 460 g/mol. The first-order chi connectivity index (χ1) is 14.8. The summed E-state index contributed by atoms with van der Waals surface area (Å²) in [6, 6.07) is -5.54. The van der Waals surface area contributed by atoms with E-state index >= 15 is 0 Å². The van der Waals surface area contributed by atoms with Crippen molar-refractivity contribution in [3.8, 4) is 0 Å². The van der Waals surface area contributed by atoms with Crippen molar-refractivity contribution in [3.63, 3.8) is 0 Å². The van der Waals surface area contributed by atoms with Crippen molar-refractivity contribution in [2.75, 3.05) is 6.61 Å². The van der Waals surface area contributed by atoms with Gasteiger partial charge < -0.3 is 43.4 Å². The van der Waals surface area contributed by atoms with Crippen LogP contribution in [0.2, 0.25) is 0 Å². The van der Waals surface area contributed by atoms with Crippen LogP contribution >= 0.6 is 0 Å². The number of aliphatic hydroxyl groups excluding tert-OH is 1. The topological polar surface area (TPSA) is 257 Å². The molecule has 5 atom stereocenters. The lowest BCUT2D eigenvalue weighted by atomic mass is 9.98. The number of carboxylic acids is 1. The van der Waals surface area contributed by atoms with Gasteiger partial charge in [0.15, 0.2) is 0 Å². The number of hydrogen-bond donors (Lipinski definition) is 8. The van der Waals surface area contributed by atoms with Gasteiger partial charge in [0.1, 0.15) is 18.1 Å². The fourth-order valence-corrected chi connectivity index (χ4v) is 2.48. The highest BCUT2D eigenvalue weighted by Gasteiger charge is 2.31. The molecule has 0 aromatic carbocycles. The lowest BCUT2D eigenvalue weighted by Crippen LogP contribution is -2.58. The van der Waals surface area contributed by atoms with Gasteiger partial charge in [0.25, 0.3) is 0 Å². The average molecular weight is 460 g/mol. The molecule has 0 heterocycles. The molecular weight excluding hydrogens is 428 g/mol. The molecule has 5 unspecified atom stereocenters. The van der Waals surface area contributed by atoms with Crippen LogP contribution in [0, 0.1) is 5.92 Å². The second-order valence-corrected chi connectivity index (χ2v) is 7.29. The van der Waals surface area contributed by atoms with Crippen molar-refractivity contribution in [3.05, 3.63) is 0 Å². The smallest absolute Gasteiger partial charge is 0.326 e. The molecule has 0 bridgehead atoms. The zero-order chi connectivity index (χ0) is 25.0. The van der Waals surface area contributed by atoms with E-state index in [0.717, 1.165) is 0 Å². The zero-order valence-corrected chi connectivity index (χ0v) is 18.0. The number of hydrogen-bond acceptors (Lipinski definition) is 8. The molecule has 0 radical (unpaired) electrons. The summed E-state index contributed by atoms with van der Waals surface area (Å²) in [5.41, 5.74) is 15.9. The van der Waals surface area contributed by atoms with Crippen molar-refractivity contribution in [2.24, 2.45) is 23.1 Å². The maximum Gasteiger partial charge on any atom is 0.326 e. The number of carbonyl (C=O) groups excluding carboxylic acids is 5. The Labute approximate surface area is 184 Å². The molecule has 0 saturated carbocycles. The molecule has 0 aromatic rings. The predicted octanol–water partition coefficient (Wildman–Crippen LogP) is -3.97. The van der Waals surface area contributed by atoms with Crippen molar-refractivity contribution in [1.82, 2.24) is 16.0 Å². The summed E-state index contributed by atoms with van der Waals surface area (Å²) in [6.07, 6.45) is -0.598. The van der Waals surface area contributed by atoms with Crippen LogP contribution in [0.15, 0.2) is 0 Å². The Morgan fingerprint density at radius 1 is 0.844 bits per heavy atom. The number of amides is 5. The van der Waals surface area contributed by atoms with Crippen LogP contribution in [-0.2, 0) is 28.8 Å². The first kappa shape index (κ1) is 28.7. The minimum atomic E-state index is -1.68. The van der Waals surface area contributed by atoms with Crippen LogP contribution in [0.5, 0.6) is 0 Å². The second kappa shape index (κ2) is 13.9. The quantitative estimate of drug-likeness (QED) is 0.118. The van der Waals surface area contributed by atoms with E-state index in [1.165, 1.54) is 0 Å². The Morgan fingerprint density at radius 2 is 1.34 bits per heavy atom. The molecule has 32 heavy (non-hydrogen) atoms. The molecule has 0 fully saturated rings. The Hall–Kier alpha value is -3.26. The van der Waals surface area contributed by atoms with Gasteiger partial charge in [-0.25, -0.2) is 4.79 Å². The highest BCUT2D eigenvalue weighted by Crippen LogP contribution is 2.07. The van der Waals surface area contributed by atoms with Crippen LogP contribution in [0.4, 0.5) is 0 Å². The average Bonchev–Trinajstić information content (AvgIpc) is 2.71. The molecule has 0 rings (SSSR count). The van der Waals surface area contributed by atoms with E-state index in [1.54, 1.807) is 6.92 Å². The molecule has 0 aliphatic heterocycles. The summed E-state index contributed by atoms with van der Waals surface area (Å²) in [6.45, 7) is 2.63. The molecule has 11 N–H and O–H groups in total. The maximum atomic E-state index is 12.6. The minimum Gasteiger partial charge on any atom is -0.480 e. The number of nitrogens with one attached hydrogen (secondary N) is 3. The number of aliphatic carboxylic acids is 1. The normalized spacial score (nSPS) is 15.4. The van der Waals surface area contributed by atoms with Crippen LogP contribution in [0.3, 0.4) is 0 Å². The summed E-state index contributed by atoms with van der Waals surface area (Å²) in [5.74, 6) is -6.20. The number of carboxylic acid groups (broad SMARTS) is 1. The third kappa shape index (κ3) is 10.2. The van der Waals surface area contributed by atoms with Gasteiger partial charge in [-0.3, -0.25) is 24.0 Å². The van der Waals surface area contributed by atoms with E-state index in [1.807, 2.05) is 12.2 Å².